The monoisotopic (exact) mass is 312 g/mol. The van der Waals surface area contributed by atoms with Crippen LogP contribution in [0.15, 0.2) is 18.2 Å². The molecule has 0 aromatic heterocycles. The highest BCUT2D eigenvalue weighted by molar-refractivity contribution is 6.33. The van der Waals surface area contributed by atoms with Gasteiger partial charge < -0.3 is 0 Å². The molecule has 0 fully saturated rings. The first kappa shape index (κ1) is 15.4. The third-order valence-electron chi connectivity index (χ3n) is 3.31. The van der Waals surface area contributed by atoms with E-state index in [1.54, 1.807) is 6.07 Å². The lowest BCUT2D eigenvalue weighted by Crippen LogP contribution is -2.34. The van der Waals surface area contributed by atoms with Gasteiger partial charge in [-0.15, -0.1) is 23.2 Å². The normalized spacial score (nSPS) is 12.2. The van der Waals surface area contributed by atoms with Crippen molar-refractivity contribution in [3.8, 4) is 0 Å². The van der Waals surface area contributed by atoms with Crippen LogP contribution in [0.4, 0.5) is 0 Å². The Morgan fingerprint density at radius 2 is 1.71 bits per heavy atom. The third-order valence-corrected chi connectivity index (χ3v) is 4.98. The molecule has 0 nitrogen and oxygen atoms in total. The van der Waals surface area contributed by atoms with E-state index in [-0.39, 0.29) is 5.41 Å². The van der Waals surface area contributed by atoms with Crippen LogP contribution in [0.1, 0.15) is 19.4 Å². The molecule has 0 aliphatic carbocycles. The Morgan fingerprint density at radius 1 is 1.12 bits per heavy atom. The number of benzene rings is 1. The van der Waals surface area contributed by atoms with Gasteiger partial charge in [-0.05, 0) is 36.1 Å². The van der Waals surface area contributed by atoms with Gasteiger partial charge in [0.25, 0.3) is 0 Å². The largest absolute Gasteiger partial charge is 0.126 e. The molecule has 0 aliphatic rings. The lowest BCUT2D eigenvalue weighted by atomic mass is 9.76. The van der Waals surface area contributed by atoms with Crippen molar-refractivity contribution in [3.63, 3.8) is 0 Å². The number of rotatable bonds is 5. The second kappa shape index (κ2) is 6.52. The Labute approximate surface area is 123 Å². The molecule has 0 N–H and O–H groups in total. The molecule has 1 aromatic carbocycles. The average Bonchev–Trinajstić information content (AvgIpc) is 2.30. The molecule has 0 heterocycles. The van der Waals surface area contributed by atoms with E-state index in [2.05, 4.69) is 13.8 Å². The number of alkyl halides is 2. The fraction of sp³-hybridized carbons (Fsp3) is 0.538. The van der Waals surface area contributed by atoms with Crippen molar-refractivity contribution in [2.24, 2.45) is 11.3 Å². The molecule has 17 heavy (non-hydrogen) atoms. The van der Waals surface area contributed by atoms with E-state index in [9.17, 15) is 0 Å². The molecule has 0 amide bonds. The Balaban J connectivity index is 3.05. The zero-order chi connectivity index (χ0) is 13.1. The van der Waals surface area contributed by atoms with Crippen LogP contribution in [0.3, 0.4) is 0 Å². The molecule has 1 rings (SSSR count). The minimum atomic E-state index is -0.141. The molecule has 0 atom stereocenters. The van der Waals surface area contributed by atoms with Crippen LogP contribution in [0.25, 0.3) is 0 Å². The van der Waals surface area contributed by atoms with Crippen LogP contribution in [0.5, 0.6) is 0 Å². The Bertz CT molecular complexity index is 370. The highest BCUT2D eigenvalue weighted by atomic mass is 35.5. The summed E-state index contributed by atoms with van der Waals surface area (Å²) in [5.74, 6) is 1.40. The van der Waals surface area contributed by atoms with E-state index < -0.39 is 0 Å². The van der Waals surface area contributed by atoms with E-state index >= 15 is 0 Å². The van der Waals surface area contributed by atoms with Gasteiger partial charge in [-0.1, -0.05) is 37.0 Å². The zero-order valence-electron chi connectivity index (χ0n) is 9.94. The highest BCUT2D eigenvalue weighted by Crippen LogP contribution is 2.37. The van der Waals surface area contributed by atoms with Crippen molar-refractivity contribution < 1.29 is 0 Å². The second-order valence-electron chi connectivity index (χ2n) is 4.70. The van der Waals surface area contributed by atoms with Crippen molar-refractivity contribution in [1.29, 1.82) is 0 Å². The Morgan fingerprint density at radius 3 is 2.18 bits per heavy atom. The first-order valence-corrected chi connectivity index (χ1v) is 7.33. The first-order chi connectivity index (χ1) is 7.95. The minimum Gasteiger partial charge on any atom is -0.126 e. The summed E-state index contributed by atoms with van der Waals surface area (Å²) in [5.41, 5.74) is 0.867. The van der Waals surface area contributed by atoms with E-state index in [0.29, 0.717) is 22.7 Å². The molecule has 0 radical (unpaired) electrons. The lowest BCUT2D eigenvalue weighted by molar-refractivity contribution is 0.259. The van der Waals surface area contributed by atoms with Gasteiger partial charge in [0.15, 0.2) is 0 Å². The van der Waals surface area contributed by atoms with Crippen LogP contribution >= 0.6 is 46.4 Å². The summed E-state index contributed by atoms with van der Waals surface area (Å²) in [7, 11) is 0. The smallest absolute Gasteiger partial charge is 0.0439 e. The van der Waals surface area contributed by atoms with Gasteiger partial charge >= 0.3 is 0 Å². The van der Waals surface area contributed by atoms with E-state index in [1.807, 2.05) is 12.1 Å². The van der Waals surface area contributed by atoms with Crippen molar-refractivity contribution in [2.45, 2.75) is 20.3 Å². The maximum Gasteiger partial charge on any atom is 0.0439 e. The second-order valence-corrected chi connectivity index (χ2v) is 6.08. The first-order valence-electron chi connectivity index (χ1n) is 5.51. The molecule has 0 saturated carbocycles. The molecule has 0 saturated heterocycles. The van der Waals surface area contributed by atoms with Crippen LogP contribution in [0, 0.1) is 11.3 Å². The lowest BCUT2D eigenvalue weighted by Gasteiger charge is -2.34. The maximum atomic E-state index is 6.18. The maximum absolute atomic E-state index is 6.18. The summed E-state index contributed by atoms with van der Waals surface area (Å²) in [4.78, 5) is 0. The van der Waals surface area contributed by atoms with Crippen LogP contribution in [0.2, 0.25) is 10.0 Å². The zero-order valence-corrected chi connectivity index (χ0v) is 13.0. The van der Waals surface area contributed by atoms with Crippen LogP contribution < -0.4 is 0 Å². The predicted octanol–water partition coefficient (Wildman–Crippen LogP) is 5.66. The van der Waals surface area contributed by atoms with Crippen molar-refractivity contribution >= 4 is 46.4 Å². The molecular weight excluding hydrogens is 298 g/mol. The number of hydrogen-bond acceptors (Lipinski definition) is 0. The highest BCUT2D eigenvalue weighted by Gasteiger charge is 2.33. The molecule has 0 spiro atoms. The fourth-order valence-corrected chi connectivity index (χ4v) is 3.17. The van der Waals surface area contributed by atoms with E-state index in [4.69, 9.17) is 46.4 Å². The summed E-state index contributed by atoms with van der Waals surface area (Å²) >= 11 is 24.4. The van der Waals surface area contributed by atoms with Gasteiger partial charge in [-0.3, -0.25) is 0 Å². The number of halogens is 4. The SMILES string of the molecule is CC(C)C(CCl)(CCl)Cc1cc(Cl)ccc1Cl. The van der Waals surface area contributed by atoms with Gasteiger partial charge in [0.05, 0.1) is 0 Å². The summed E-state index contributed by atoms with van der Waals surface area (Å²) in [5, 5.41) is 1.40. The van der Waals surface area contributed by atoms with Crippen molar-refractivity contribution in [2.75, 3.05) is 11.8 Å². The van der Waals surface area contributed by atoms with E-state index in [1.165, 1.54) is 0 Å². The summed E-state index contributed by atoms with van der Waals surface area (Å²) in [6, 6.07) is 5.48. The molecule has 0 bridgehead atoms. The third kappa shape index (κ3) is 3.67. The Kier molecular flexibility index (Phi) is 5.92. The molecule has 1 aromatic rings. The Hall–Kier alpha value is 0.380. The summed E-state index contributed by atoms with van der Waals surface area (Å²) in [6.07, 6.45) is 0.747. The van der Waals surface area contributed by atoms with Gasteiger partial charge in [0.1, 0.15) is 0 Å². The molecule has 0 unspecified atom stereocenters. The summed E-state index contributed by atoms with van der Waals surface area (Å²) in [6.45, 7) is 4.26. The average molecular weight is 314 g/mol. The van der Waals surface area contributed by atoms with Gasteiger partial charge in [-0.25, -0.2) is 0 Å². The molecule has 0 aliphatic heterocycles. The van der Waals surface area contributed by atoms with Gasteiger partial charge in [0.2, 0.25) is 0 Å². The van der Waals surface area contributed by atoms with Gasteiger partial charge in [0, 0.05) is 27.2 Å². The van der Waals surface area contributed by atoms with Crippen molar-refractivity contribution in [3.05, 3.63) is 33.8 Å². The fourth-order valence-electron chi connectivity index (χ4n) is 1.70. The van der Waals surface area contributed by atoms with Crippen LogP contribution in [-0.2, 0) is 6.42 Å². The number of hydrogen-bond donors (Lipinski definition) is 0. The minimum absolute atomic E-state index is 0.141. The quantitative estimate of drug-likeness (QED) is 0.616. The summed E-state index contributed by atoms with van der Waals surface area (Å²) < 4.78 is 0. The van der Waals surface area contributed by atoms with Crippen molar-refractivity contribution in [1.82, 2.24) is 0 Å². The van der Waals surface area contributed by atoms with Crippen LogP contribution in [-0.4, -0.2) is 11.8 Å². The van der Waals surface area contributed by atoms with Gasteiger partial charge in [-0.2, -0.15) is 0 Å². The molecule has 4 heteroatoms. The molecule has 96 valence electrons. The standard InChI is InChI=1S/C13H16Cl4/c1-9(2)13(7-14,8-15)6-10-5-11(16)3-4-12(10)17/h3-5,9H,6-8H2,1-2H3. The topological polar surface area (TPSA) is 0 Å². The predicted molar refractivity (Wildman–Crippen MR) is 78.9 cm³/mol. The molecular formula is C13H16Cl4. The van der Waals surface area contributed by atoms with E-state index in [0.717, 1.165) is 17.0 Å².